The number of rotatable bonds is 6. The maximum atomic E-state index is 13.0. The number of para-hydroxylation sites is 1. The minimum Gasteiger partial charge on any atom is -0.494 e. The Hall–Kier alpha value is -2.93. The summed E-state index contributed by atoms with van der Waals surface area (Å²) in [5.74, 6) is 0.508. The summed E-state index contributed by atoms with van der Waals surface area (Å²) < 4.78 is 1.02. The van der Waals surface area contributed by atoms with Crippen LogP contribution in [0, 0.1) is 0 Å². The number of nitrogens with two attached hydrogens (primary N) is 1. The number of hydrogen-bond donors (Lipinski definition) is 3. The predicted molar refractivity (Wildman–Crippen MR) is 116 cm³/mol. The van der Waals surface area contributed by atoms with Crippen molar-refractivity contribution in [2.45, 2.75) is 37.0 Å². The lowest BCUT2D eigenvalue weighted by Gasteiger charge is -2.10. The molecule has 1 aliphatic rings. The second kappa shape index (κ2) is 7.83. The molecule has 0 spiro atoms. The standard InChI is InChI=1S/C22H23N3O3S/c1-2-10-29-18-12-17-16(11-15(18)13-8-9-13)19(21(27)25(17)22(23)28)20(26)24-14-6-4-3-5-7-14/h3-7,11-13,27H,2,8-10H2,1H3,(H2,23,28)(H,24,26). The summed E-state index contributed by atoms with van der Waals surface area (Å²) in [7, 11) is 0. The Balaban J connectivity index is 1.87. The van der Waals surface area contributed by atoms with Crippen LogP contribution in [0.1, 0.15) is 48.0 Å². The Morgan fingerprint density at radius 3 is 2.59 bits per heavy atom. The Kier molecular flexibility index (Phi) is 5.24. The maximum absolute atomic E-state index is 13.0. The average Bonchev–Trinajstić information content (AvgIpc) is 3.49. The van der Waals surface area contributed by atoms with Crippen molar-refractivity contribution in [1.82, 2.24) is 4.57 Å². The molecule has 0 saturated heterocycles. The molecule has 29 heavy (non-hydrogen) atoms. The largest absolute Gasteiger partial charge is 0.494 e. The molecular weight excluding hydrogens is 386 g/mol. The fourth-order valence-corrected chi connectivity index (χ4v) is 4.54. The van der Waals surface area contributed by atoms with Crippen LogP contribution >= 0.6 is 11.8 Å². The second-order valence-electron chi connectivity index (χ2n) is 7.22. The molecule has 2 amide bonds. The quantitative estimate of drug-likeness (QED) is 0.504. The lowest BCUT2D eigenvalue weighted by Crippen LogP contribution is -2.19. The first-order valence-corrected chi connectivity index (χ1v) is 10.7. The number of thioether (sulfide) groups is 1. The molecular formula is C22H23N3O3S. The smallest absolute Gasteiger partial charge is 0.326 e. The van der Waals surface area contributed by atoms with Gasteiger partial charge in [0, 0.05) is 16.0 Å². The van der Waals surface area contributed by atoms with Gasteiger partial charge in [-0.2, -0.15) is 0 Å². The summed E-state index contributed by atoms with van der Waals surface area (Å²) in [6.45, 7) is 2.12. The summed E-state index contributed by atoms with van der Waals surface area (Å²) in [6.07, 6.45) is 3.25. The maximum Gasteiger partial charge on any atom is 0.326 e. The number of anilines is 1. The third kappa shape index (κ3) is 3.70. The topological polar surface area (TPSA) is 97.3 Å². The molecule has 0 unspecified atom stereocenters. The second-order valence-corrected chi connectivity index (χ2v) is 8.36. The van der Waals surface area contributed by atoms with Crippen LogP contribution in [0.4, 0.5) is 10.5 Å². The summed E-state index contributed by atoms with van der Waals surface area (Å²) in [4.78, 5) is 26.2. The van der Waals surface area contributed by atoms with E-state index >= 15 is 0 Å². The molecule has 7 heteroatoms. The normalized spacial score (nSPS) is 13.6. The van der Waals surface area contributed by atoms with Gasteiger partial charge in [-0.15, -0.1) is 11.8 Å². The predicted octanol–water partition coefficient (Wildman–Crippen LogP) is 4.91. The third-order valence-electron chi connectivity index (χ3n) is 5.03. The summed E-state index contributed by atoms with van der Waals surface area (Å²) in [6, 6.07) is 12.0. The van der Waals surface area contributed by atoms with Gasteiger partial charge in [-0.3, -0.25) is 4.79 Å². The van der Waals surface area contributed by atoms with E-state index in [4.69, 9.17) is 5.73 Å². The molecule has 0 bridgehead atoms. The van der Waals surface area contributed by atoms with E-state index in [1.807, 2.05) is 30.3 Å². The van der Waals surface area contributed by atoms with E-state index < -0.39 is 17.8 Å². The van der Waals surface area contributed by atoms with Crippen LogP contribution in [0.5, 0.6) is 5.88 Å². The van der Waals surface area contributed by atoms with Crippen molar-refractivity contribution in [3.8, 4) is 5.88 Å². The van der Waals surface area contributed by atoms with Crippen molar-refractivity contribution in [3.63, 3.8) is 0 Å². The fraction of sp³-hybridized carbons (Fsp3) is 0.273. The molecule has 2 aromatic carbocycles. The number of primary amides is 1. The molecule has 1 fully saturated rings. The highest BCUT2D eigenvalue weighted by Crippen LogP contribution is 2.47. The van der Waals surface area contributed by atoms with Crippen molar-refractivity contribution in [2.24, 2.45) is 5.73 Å². The van der Waals surface area contributed by atoms with Crippen molar-refractivity contribution < 1.29 is 14.7 Å². The number of carbonyl (C=O) groups is 2. The van der Waals surface area contributed by atoms with Gasteiger partial charge in [-0.05, 0) is 60.8 Å². The van der Waals surface area contributed by atoms with E-state index in [2.05, 4.69) is 12.2 Å². The molecule has 1 heterocycles. The van der Waals surface area contributed by atoms with Gasteiger partial charge in [-0.25, -0.2) is 9.36 Å². The first kappa shape index (κ1) is 19.4. The van der Waals surface area contributed by atoms with Crippen LogP contribution in [0.2, 0.25) is 0 Å². The molecule has 6 nitrogen and oxygen atoms in total. The number of aromatic hydroxyl groups is 1. The number of aromatic nitrogens is 1. The van der Waals surface area contributed by atoms with Gasteiger partial charge < -0.3 is 16.2 Å². The minimum atomic E-state index is -0.822. The highest BCUT2D eigenvalue weighted by Gasteiger charge is 2.31. The van der Waals surface area contributed by atoms with E-state index in [9.17, 15) is 14.7 Å². The van der Waals surface area contributed by atoms with Crippen LogP contribution in [-0.4, -0.2) is 27.4 Å². The van der Waals surface area contributed by atoms with Gasteiger partial charge in [0.05, 0.1) is 5.52 Å². The molecule has 4 rings (SSSR count). The number of benzene rings is 2. The lowest BCUT2D eigenvalue weighted by molar-refractivity contribution is 0.102. The highest BCUT2D eigenvalue weighted by atomic mass is 32.2. The van der Waals surface area contributed by atoms with Crippen LogP contribution < -0.4 is 11.1 Å². The molecule has 0 radical (unpaired) electrons. The molecule has 1 aliphatic carbocycles. The Labute approximate surface area is 173 Å². The zero-order chi connectivity index (χ0) is 20.5. The highest BCUT2D eigenvalue weighted by molar-refractivity contribution is 7.99. The zero-order valence-corrected chi connectivity index (χ0v) is 17.0. The van der Waals surface area contributed by atoms with E-state index in [0.29, 0.717) is 22.5 Å². The molecule has 4 N–H and O–H groups in total. The summed E-state index contributed by atoms with van der Waals surface area (Å²) >= 11 is 1.73. The van der Waals surface area contributed by atoms with Gasteiger partial charge in [-0.1, -0.05) is 25.1 Å². The fourth-order valence-electron chi connectivity index (χ4n) is 3.53. The van der Waals surface area contributed by atoms with E-state index in [1.54, 1.807) is 23.9 Å². The SMILES string of the molecule is CCCSc1cc2c(cc1C1CC1)c(C(=O)Nc1ccccc1)c(O)n2C(N)=O. The number of hydrogen-bond acceptors (Lipinski definition) is 4. The van der Waals surface area contributed by atoms with Crippen molar-refractivity contribution in [1.29, 1.82) is 0 Å². The molecule has 1 saturated carbocycles. The Morgan fingerprint density at radius 2 is 1.97 bits per heavy atom. The van der Waals surface area contributed by atoms with Gasteiger partial charge in [0.25, 0.3) is 5.91 Å². The lowest BCUT2D eigenvalue weighted by atomic mass is 10.1. The van der Waals surface area contributed by atoms with Crippen LogP contribution in [-0.2, 0) is 0 Å². The van der Waals surface area contributed by atoms with E-state index in [-0.39, 0.29) is 5.56 Å². The Morgan fingerprint density at radius 1 is 1.24 bits per heavy atom. The number of nitrogens with zero attached hydrogens (tertiary/aromatic N) is 1. The molecule has 3 aromatic rings. The monoisotopic (exact) mass is 409 g/mol. The van der Waals surface area contributed by atoms with Crippen molar-refractivity contribution in [2.75, 3.05) is 11.1 Å². The first-order valence-electron chi connectivity index (χ1n) is 9.71. The van der Waals surface area contributed by atoms with Gasteiger partial charge in [0.1, 0.15) is 5.56 Å². The molecule has 0 atom stereocenters. The van der Waals surface area contributed by atoms with Gasteiger partial charge in [0.2, 0.25) is 5.88 Å². The molecule has 150 valence electrons. The van der Waals surface area contributed by atoms with Crippen molar-refractivity contribution >= 4 is 40.3 Å². The van der Waals surface area contributed by atoms with Crippen LogP contribution in [0.15, 0.2) is 47.4 Å². The Bertz CT molecular complexity index is 1090. The summed E-state index contributed by atoms with van der Waals surface area (Å²) in [5, 5.41) is 14.1. The third-order valence-corrected chi connectivity index (χ3v) is 6.31. The average molecular weight is 410 g/mol. The number of fused-ring (bicyclic) bond motifs is 1. The van der Waals surface area contributed by atoms with Crippen molar-refractivity contribution in [3.05, 3.63) is 53.6 Å². The van der Waals surface area contributed by atoms with Gasteiger partial charge in [0.15, 0.2) is 0 Å². The number of carbonyl (C=O) groups excluding carboxylic acids is 2. The number of amides is 2. The molecule has 0 aliphatic heterocycles. The summed E-state index contributed by atoms with van der Waals surface area (Å²) in [5.41, 5.74) is 7.83. The van der Waals surface area contributed by atoms with E-state index in [1.165, 1.54) is 5.56 Å². The number of nitrogens with one attached hydrogen (secondary N) is 1. The first-order chi connectivity index (χ1) is 14.0. The molecule has 1 aromatic heterocycles. The van der Waals surface area contributed by atoms with E-state index in [0.717, 1.165) is 34.5 Å². The van der Waals surface area contributed by atoms with Crippen LogP contribution in [0.3, 0.4) is 0 Å². The van der Waals surface area contributed by atoms with Crippen LogP contribution in [0.25, 0.3) is 10.9 Å². The minimum absolute atomic E-state index is 0.0663. The zero-order valence-electron chi connectivity index (χ0n) is 16.1. The van der Waals surface area contributed by atoms with Gasteiger partial charge >= 0.3 is 6.03 Å².